The fraction of sp³-hybridized carbons (Fsp3) is 0.516. The van der Waals surface area contributed by atoms with Gasteiger partial charge in [-0.3, -0.25) is 19.4 Å². The van der Waals surface area contributed by atoms with Crippen LogP contribution in [-0.4, -0.2) is 92.9 Å². The van der Waals surface area contributed by atoms with Gasteiger partial charge >= 0.3 is 0 Å². The summed E-state index contributed by atoms with van der Waals surface area (Å²) in [6.45, 7) is 4.02. The van der Waals surface area contributed by atoms with Crippen molar-refractivity contribution in [1.29, 1.82) is 0 Å². The van der Waals surface area contributed by atoms with Gasteiger partial charge < -0.3 is 25.2 Å². The highest BCUT2D eigenvalue weighted by atomic mass is 16.5. The van der Waals surface area contributed by atoms with Gasteiger partial charge in [0.05, 0.1) is 30.7 Å². The van der Waals surface area contributed by atoms with E-state index in [0.29, 0.717) is 28.0 Å². The van der Waals surface area contributed by atoms with Crippen LogP contribution in [0.4, 0.5) is 17.5 Å². The third-order valence-corrected chi connectivity index (χ3v) is 9.08. The zero-order chi connectivity index (χ0) is 31.0. The summed E-state index contributed by atoms with van der Waals surface area (Å²) in [4.78, 5) is 44.5. The van der Waals surface area contributed by atoms with E-state index in [1.165, 1.54) is 7.05 Å². The number of rotatable bonds is 8. The van der Waals surface area contributed by atoms with Crippen molar-refractivity contribution in [3.05, 3.63) is 47.7 Å². The van der Waals surface area contributed by atoms with E-state index < -0.39 is 5.91 Å². The van der Waals surface area contributed by atoms with Crippen molar-refractivity contribution >= 4 is 29.3 Å². The van der Waals surface area contributed by atoms with Crippen molar-refractivity contribution in [2.24, 2.45) is 0 Å². The molecule has 4 heterocycles. The SMILES string of the molecule is CC[C@@H]1c2c(C(=O)N(C)O)ncn2-c2cnc(Nc3ccc(C(=O)NC4CCN(C)CC4)cc3OC)nc2N1C1CCCC1. The molecule has 1 aliphatic carbocycles. The second-order valence-corrected chi connectivity index (χ2v) is 11.9. The van der Waals surface area contributed by atoms with Gasteiger partial charge in [-0.1, -0.05) is 19.8 Å². The highest BCUT2D eigenvalue weighted by Gasteiger charge is 2.40. The highest BCUT2D eigenvalue weighted by molar-refractivity contribution is 5.96. The van der Waals surface area contributed by atoms with Gasteiger partial charge in [0.25, 0.3) is 11.8 Å². The maximum absolute atomic E-state index is 13.0. The molecule has 0 radical (unpaired) electrons. The monoisotopic (exact) mass is 603 g/mol. The number of aromatic nitrogens is 4. The van der Waals surface area contributed by atoms with Crippen LogP contribution in [0.5, 0.6) is 5.75 Å². The number of anilines is 3. The number of fused-ring (bicyclic) bond motifs is 3. The van der Waals surface area contributed by atoms with Gasteiger partial charge in [0.2, 0.25) is 5.95 Å². The normalized spacial score (nSPS) is 18.9. The average Bonchev–Trinajstić information content (AvgIpc) is 3.72. The molecule has 2 aliphatic heterocycles. The van der Waals surface area contributed by atoms with E-state index in [0.717, 1.165) is 75.2 Å². The van der Waals surface area contributed by atoms with Crippen molar-refractivity contribution in [3.63, 3.8) is 0 Å². The number of ether oxygens (including phenoxy) is 1. The number of benzene rings is 1. The second-order valence-electron chi connectivity index (χ2n) is 11.9. The molecule has 13 heteroatoms. The number of piperidine rings is 1. The Morgan fingerprint density at radius 3 is 2.57 bits per heavy atom. The van der Waals surface area contributed by atoms with E-state index >= 15 is 0 Å². The summed E-state index contributed by atoms with van der Waals surface area (Å²) >= 11 is 0. The van der Waals surface area contributed by atoms with Crippen LogP contribution in [0.2, 0.25) is 0 Å². The molecular weight excluding hydrogens is 562 g/mol. The van der Waals surface area contributed by atoms with Crippen LogP contribution in [0.1, 0.15) is 84.5 Å². The van der Waals surface area contributed by atoms with Crippen LogP contribution in [0.25, 0.3) is 5.69 Å². The number of hydroxylamine groups is 2. The van der Waals surface area contributed by atoms with E-state index in [2.05, 4.69) is 44.4 Å². The van der Waals surface area contributed by atoms with Crippen molar-refractivity contribution in [1.82, 2.24) is 34.8 Å². The first-order valence-electron chi connectivity index (χ1n) is 15.4. The second kappa shape index (κ2) is 12.4. The minimum absolute atomic E-state index is 0.117. The fourth-order valence-electron chi connectivity index (χ4n) is 6.73. The number of methoxy groups -OCH3 is 1. The predicted molar refractivity (Wildman–Crippen MR) is 165 cm³/mol. The molecule has 2 aromatic heterocycles. The van der Waals surface area contributed by atoms with E-state index in [-0.39, 0.29) is 29.7 Å². The van der Waals surface area contributed by atoms with Crippen LogP contribution in [0, 0.1) is 0 Å². The quantitative estimate of drug-likeness (QED) is 0.256. The van der Waals surface area contributed by atoms with Gasteiger partial charge in [-0.2, -0.15) is 4.98 Å². The van der Waals surface area contributed by atoms with Crippen LogP contribution in [0.3, 0.4) is 0 Å². The fourth-order valence-corrected chi connectivity index (χ4v) is 6.73. The summed E-state index contributed by atoms with van der Waals surface area (Å²) in [5, 5.41) is 17.0. The zero-order valence-electron chi connectivity index (χ0n) is 25.8. The molecule has 2 fully saturated rings. The van der Waals surface area contributed by atoms with Gasteiger partial charge in [0, 0.05) is 24.7 Å². The number of carbonyl (C=O) groups is 2. The lowest BCUT2D eigenvalue weighted by molar-refractivity contribution is -0.0380. The first kappa shape index (κ1) is 29.8. The van der Waals surface area contributed by atoms with Gasteiger partial charge in [0.1, 0.15) is 17.8 Å². The predicted octanol–water partition coefficient (Wildman–Crippen LogP) is 3.91. The number of nitrogens with zero attached hydrogens (tertiary/aromatic N) is 7. The number of imidazole rings is 1. The van der Waals surface area contributed by atoms with Crippen molar-refractivity contribution in [2.45, 2.75) is 70.0 Å². The van der Waals surface area contributed by atoms with Gasteiger partial charge in [-0.25, -0.2) is 15.0 Å². The highest BCUT2D eigenvalue weighted by Crippen LogP contribution is 2.45. The van der Waals surface area contributed by atoms with E-state index in [4.69, 9.17) is 9.72 Å². The molecular formula is C31H41N9O4. The maximum atomic E-state index is 13.0. The zero-order valence-corrected chi connectivity index (χ0v) is 25.8. The molecule has 1 aromatic carbocycles. The Hall–Kier alpha value is -4.23. The van der Waals surface area contributed by atoms with Gasteiger partial charge in [-0.05, 0) is 70.4 Å². The Morgan fingerprint density at radius 2 is 1.89 bits per heavy atom. The molecule has 44 heavy (non-hydrogen) atoms. The summed E-state index contributed by atoms with van der Waals surface area (Å²) in [5.74, 6) is 0.985. The summed E-state index contributed by atoms with van der Waals surface area (Å²) in [5.41, 5.74) is 2.85. The number of likely N-dealkylation sites (tertiary alicyclic amines) is 1. The summed E-state index contributed by atoms with van der Waals surface area (Å²) in [7, 11) is 4.98. The Labute approximate surface area is 257 Å². The standard InChI is InChI=1S/C31H41N9O4/c1-5-23-27-26(30(42)38(3)43)33-18-39(27)24-17-32-31(36-28(24)40(23)21-8-6-7-9-21)35-22-11-10-19(16-25(22)44-4)29(41)34-20-12-14-37(2)15-13-20/h10-11,16-18,20-21,23,43H,5-9,12-15H2,1-4H3,(H,34,41)(H,32,35,36)/t23-/m1/s1. The molecule has 13 nitrogen and oxygen atoms in total. The van der Waals surface area contributed by atoms with Crippen LogP contribution >= 0.6 is 0 Å². The van der Waals surface area contributed by atoms with Crippen LogP contribution < -0.4 is 20.3 Å². The molecule has 6 rings (SSSR count). The van der Waals surface area contributed by atoms with Crippen molar-refractivity contribution in [3.8, 4) is 11.4 Å². The first-order chi connectivity index (χ1) is 21.3. The lowest BCUT2D eigenvalue weighted by atomic mass is 10.00. The minimum Gasteiger partial charge on any atom is -0.495 e. The molecule has 3 N–H and O–H groups in total. The van der Waals surface area contributed by atoms with Crippen LogP contribution in [-0.2, 0) is 0 Å². The van der Waals surface area contributed by atoms with Crippen LogP contribution in [0.15, 0.2) is 30.7 Å². The van der Waals surface area contributed by atoms with E-state index in [1.807, 2.05) is 10.6 Å². The average molecular weight is 604 g/mol. The Kier molecular flexibility index (Phi) is 8.41. The van der Waals surface area contributed by atoms with Gasteiger partial charge in [-0.15, -0.1) is 0 Å². The summed E-state index contributed by atoms with van der Waals surface area (Å²) in [6.07, 6.45) is 10.2. The molecule has 0 spiro atoms. The molecule has 3 aliphatic rings. The minimum atomic E-state index is -0.554. The van der Waals surface area contributed by atoms with Crippen molar-refractivity contribution < 1.29 is 19.5 Å². The topological polar surface area (TPSA) is 141 Å². The number of amides is 2. The molecule has 0 unspecified atom stereocenters. The molecule has 234 valence electrons. The molecule has 2 amide bonds. The Balaban J connectivity index is 1.31. The third kappa shape index (κ3) is 5.57. The molecule has 1 saturated heterocycles. The smallest absolute Gasteiger partial charge is 0.297 e. The number of hydrogen-bond acceptors (Lipinski definition) is 10. The summed E-state index contributed by atoms with van der Waals surface area (Å²) < 4.78 is 7.54. The molecule has 1 saturated carbocycles. The lowest BCUT2D eigenvalue weighted by Crippen LogP contribution is -2.43. The number of hydrogen-bond donors (Lipinski definition) is 3. The lowest BCUT2D eigenvalue weighted by Gasteiger charge is -2.42. The molecule has 0 bridgehead atoms. The van der Waals surface area contributed by atoms with Gasteiger partial charge in [0.15, 0.2) is 11.5 Å². The largest absolute Gasteiger partial charge is 0.495 e. The Morgan fingerprint density at radius 1 is 1.14 bits per heavy atom. The first-order valence-corrected chi connectivity index (χ1v) is 15.4. The third-order valence-electron chi connectivity index (χ3n) is 9.08. The van der Waals surface area contributed by atoms with Crippen molar-refractivity contribution in [2.75, 3.05) is 44.5 Å². The summed E-state index contributed by atoms with van der Waals surface area (Å²) in [6, 6.07) is 5.57. The number of nitrogens with one attached hydrogen (secondary N) is 2. The van der Waals surface area contributed by atoms with E-state index in [1.54, 1.807) is 31.8 Å². The van der Waals surface area contributed by atoms with E-state index in [9.17, 15) is 14.8 Å². The maximum Gasteiger partial charge on any atom is 0.297 e. The molecule has 3 aromatic rings. The Bertz CT molecular complexity index is 1530. The number of carbonyl (C=O) groups excluding carboxylic acids is 2. The molecule has 1 atom stereocenters.